The molecule has 3 amide bonds. The Morgan fingerprint density at radius 3 is 2.36 bits per heavy atom. The first kappa shape index (κ1) is 25.6. The molecule has 0 aromatic heterocycles. The summed E-state index contributed by atoms with van der Waals surface area (Å²) in [6.45, 7) is 3.74. The maximum absolute atomic E-state index is 12.6. The topological polar surface area (TPSA) is 180 Å². The van der Waals surface area contributed by atoms with Crippen molar-refractivity contribution in [3.63, 3.8) is 0 Å². The van der Waals surface area contributed by atoms with Crippen LogP contribution in [-0.2, 0) is 20.9 Å². The van der Waals surface area contributed by atoms with E-state index in [1.807, 2.05) is 24.3 Å². The van der Waals surface area contributed by atoms with Gasteiger partial charge in [0.05, 0.1) is 12.6 Å². The lowest BCUT2D eigenvalue weighted by Crippen LogP contribution is -2.43. The zero-order valence-electron chi connectivity index (χ0n) is 18.1. The lowest BCUT2D eigenvalue weighted by atomic mass is 10.2. The number of carbonyl (C=O) groups excluding carboxylic acids is 2. The number of anilines is 1. The van der Waals surface area contributed by atoms with Crippen LogP contribution < -0.4 is 16.0 Å². The van der Waals surface area contributed by atoms with Gasteiger partial charge >= 0.3 is 18.0 Å². The number of aliphatic carboxylic acids is 2. The molecule has 0 spiro atoms. The highest BCUT2D eigenvalue weighted by Gasteiger charge is 2.30. The summed E-state index contributed by atoms with van der Waals surface area (Å²) >= 11 is 0. The number of carboxylic acids is 2. The van der Waals surface area contributed by atoms with Crippen molar-refractivity contribution in [3.05, 3.63) is 29.8 Å². The van der Waals surface area contributed by atoms with Gasteiger partial charge in [-0.1, -0.05) is 12.1 Å². The van der Waals surface area contributed by atoms with Gasteiger partial charge in [-0.05, 0) is 30.5 Å². The van der Waals surface area contributed by atoms with E-state index in [9.17, 15) is 9.59 Å². The molecule has 0 bridgehead atoms. The molecule has 2 aliphatic heterocycles. The maximum atomic E-state index is 12.6. The molecule has 2 fully saturated rings. The number of benzene rings is 1. The number of nitrogens with zero attached hydrogens (tertiary/aromatic N) is 4. The Balaban J connectivity index is 0.000000569. The molecule has 178 valence electrons. The summed E-state index contributed by atoms with van der Waals surface area (Å²) < 4.78 is 0. The number of hydrogen-bond acceptors (Lipinski definition) is 7. The van der Waals surface area contributed by atoms with Gasteiger partial charge in [-0.2, -0.15) is 5.26 Å². The predicted molar refractivity (Wildman–Crippen MR) is 117 cm³/mol. The highest BCUT2D eigenvalue weighted by atomic mass is 16.4. The van der Waals surface area contributed by atoms with Crippen LogP contribution in [0.3, 0.4) is 0 Å². The molecule has 1 unspecified atom stereocenters. The van der Waals surface area contributed by atoms with E-state index in [0.717, 1.165) is 24.1 Å². The monoisotopic (exact) mass is 460 g/mol. The fourth-order valence-electron chi connectivity index (χ4n) is 3.55. The fourth-order valence-corrected chi connectivity index (χ4v) is 3.55. The summed E-state index contributed by atoms with van der Waals surface area (Å²) in [5.74, 6) is -3.70. The lowest BCUT2D eigenvalue weighted by molar-refractivity contribution is -0.159. The van der Waals surface area contributed by atoms with E-state index in [1.54, 1.807) is 14.7 Å². The van der Waals surface area contributed by atoms with Gasteiger partial charge in [-0.25, -0.2) is 14.4 Å². The summed E-state index contributed by atoms with van der Waals surface area (Å²) in [5.41, 5.74) is 7.52. The zero-order valence-corrected chi connectivity index (χ0v) is 18.1. The van der Waals surface area contributed by atoms with Crippen LogP contribution in [0.1, 0.15) is 18.4 Å². The first-order valence-corrected chi connectivity index (χ1v) is 10.5. The Hall–Kier alpha value is -3.69. The van der Waals surface area contributed by atoms with Gasteiger partial charge in [-0.15, -0.1) is 0 Å². The Bertz CT molecular complexity index is 888. The standard InChI is InChI=1S/C19H26N6O2.C2H2O4/c20-12-15-3-5-16(6-4-15)25-11-10-23(19(25)27)9-7-22-14-18(26)24-8-1-2-17(24)13-21;3-1(4)2(5)6/h3-6,17,22H,1-2,7-12,14,20H2;(H,3,4)(H,5,6). The van der Waals surface area contributed by atoms with Crippen molar-refractivity contribution in [2.75, 3.05) is 44.2 Å². The maximum Gasteiger partial charge on any atom is 0.414 e. The van der Waals surface area contributed by atoms with Crippen LogP contribution in [0.2, 0.25) is 0 Å². The highest BCUT2D eigenvalue weighted by Crippen LogP contribution is 2.20. The molecular weight excluding hydrogens is 432 g/mol. The molecule has 1 atom stereocenters. The Labute approximate surface area is 191 Å². The molecule has 2 saturated heterocycles. The molecular formula is C21H28N6O6. The first-order valence-electron chi connectivity index (χ1n) is 10.5. The van der Waals surface area contributed by atoms with Crippen molar-refractivity contribution in [2.24, 2.45) is 5.73 Å². The van der Waals surface area contributed by atoms with Crippen molar-refractivity contribution in [1.82, 2.24) is 15.1 Å². The normalized spacial score (nSPS) is 17.4. The summed E-state index contributed by atoms with van der Waals surface area (Å²) in [6, 6.07) is 9.57. The van der Waals surface area contributed by atoms with E-state index >= 15 is 0 Å². The number of nitriles is 1. The molecule has 12 nitrogen and oxygen atoms in total. The van der Waals surface area contributed by atoms with Gasteiger partial charge in [0, 0.05) is 45.0 Å². The fraction of sp³-hybridized carbons (Fsp3) is 0.476. The summed E-state index contributed by atoms with van der Waals surface area (Å²) in [7, 11) is 0. The minimum absolute atomic E-state index is 0.0206. The average Bonchev–Trinajstić information content (AvgIpc) is 3.43. The number of likely N-dealkylation sites (tertiary alicyclic amines) is 1. The van der Waals surface area contributed by atoms with Gasteiger partial charge in [0.1, 0.15) is 6.04 Å². The Kier molecular flexibility index (Phi) is 9.59. The van der Waals surface area contributed by atoms with Gasteiger partial charge in [0.25, 0.3) is 0 Å². The van der Waals surface area contributed by atoms with E-state index in [2.05, 4.69) is 11.4 Å². The Morgan fingerprint density at radius 1 is 1.12 bits per heavy atom. The number of nitrogens with one attached hydrogen (secondary N) is 1. The van der Waals surface area contributed by atoms with E-state index in [4.69, 9.17) is 30.8 Å². The second kappa shape index (κ2) is 12.4. The molecule has 1 aromatic carbocycles. The molecule has 3 rings (SSSR count). The predicted octanol–water partition coefficient (Wildman–Crippen LogP) is -0.353. The largest absolute Gasteiger partial charge is 0.473 e. The summed E-state index contributed by atoms with van der Waals surface area (Å²) in [6.07, 6.45) is 1.64. The zero-order chi connectivity index (χ0) is 24.4. The van der Waals surface area contributed by atoms with Crippen molar-refractivity contribution < 1.29 is 29.4 Å². The van der Waals surface area contributed by atoms with Crippen LogP contribution >= 0.6 is 0 Å². The van der Waals surface area contributed by atoms with Gasteiger partial charge in [0.15, 0.2) is 0 Å². The minimum atomic E-state index is -1.82. The molecule has 0 aliphatic carbocycles. The molecule has 12 heteroatoms. The first-order chi connectivity index (χ1) is 15.8. The van der Waals surface area contributed by atoms with Crippen LogP contribution in [-0.4, -0.2) is 89.2 Å². The third kappa shape index (κ3) is 7.16. The number of amides is 3. The second-order valence-electron chi connectivity index (χ2n) is 7.45. The van der Waals surface area contributed by atoms with Crippen LogP contribution in [0.15, 0.2) is 24.3 Å². The molecule has 1 aromatic rings. The molecule has 33 heavy (non-hydrogen) atoms. The molecule has 0 saturated carbocycles. The number of urea groups is 1. The van der Waals surface area contributed by atoms with Crippen molar-refractivity contribution in [3.8, 4) is 6.07 Å². The smallest absolute Gasteiger partial charge is 0.414 e. The molecule has 2 aliphatic rings. The number of hydrogen-bond donors (Lipinski definition) is 4. The number of carbonyl (C=O) groups is 4. The van der Waals surface area contributed by atoms with Gasteiger partial charge in [-0.3, -0.25) is 9.69 Å². The number of nitrogens with two attached hydrogens (primary N) is 1. The summed E-state index contributed by atoms with van der Waals surface area (Å²) in [5, 5.41) is 26.9. The van der Waals surface area contributed by atoms with Crippen LogP contribution in [0.5, 0.6) is 0 Å². The minimum Gasteiger partial charge on any atom is -0.473 e. The summed E-state index contributed by atoms with van der Waals surface area (Å²) in [4.78, 5) is 48.1. The van der Waals surface area contributed by atoms with E-state index in [-0.39, 0.29) is 24.5 Å². The average molecular weight is 460 g/mol. The van der Waals surface area contributed by atoms with E-state index < -0.39 is 11.9 Å². The van der Waals surface area contributed by atoms with Crippen molar-refractivity contribution >= 4 is 29.6 Å². The van der Waals surface area contributed by atoms with Crippen LogP contribution in [0.4, 0.5) is 10.5 Å². The molecule has 5 N–H and O–H groups in total. The molecule has 0 radical (unpaired) electrons. The van der Waals surface area contributed by atoms with Gasteiger partial charge < -0.3 is 31.1 Å². The third-order valence-electron chi connectivity index (χ3n) is 5.32. The number of carboxylic acid groups (broad SMARTS) is 2. The van der Waals surface area contributed by atoms with Crippen molar-refractivity contribution in [2.45, 2.75) is 25.4 Å². The van der Waals surface area contributed by atoms with Crippen molar-refractivity contribution in [1.29, 1.82) is 5.26 Å². The SMILES string of the molecule is N#CC1CCCN1C(=O)CNCCN1CCN(c2ccc(CN)cc2)C1=O.O=C(O)C(=O)O. The lowest BCUT2D eigenvalue weighted by Gasteiger charge is -2.21. The van der Waals surface area contributed by atoms with E-state index in [0.29, 0.717) is 39.3 Å². The molecule has 2 heterocycles. The quantitative estimate of drug-likeness (QED) is 0.312. The number of rotatable bonds is 7. The van der Waals surface area contributed by atoms with Crippen LogP contribution in [0, 0.1) is 11.3 Å². The van der Waals surface area contributed by atoms with Crippen LogP contribution in [0.25, 0.3) is 0 Å². The van der Waals surface area contributed by atoms with Gasteiger partial charge in [0.2, 0.25) is 5.91 Å². The Morgan fingerprint density at radius 2 is 1.79 bits per heavy atom. The van der Waals surface area contributed by atoms with E-state index in [1.165, 1.54) is 0 Å². The third-order valence-corrected chi connectivity index (χ3v) is 5.32. The highest BCUT2D eigenvalue weighted by molar-refractivity contribution is 6.27. The second-order valence-corrected chi connectivity index (χ2v) is 7.45.